The highest BCUT2D eigenvalue weighted by molar-refractivity contribution is 7.99. The fourth-order valence-corrected chi connectivity index (χ4v) is 5.63. The molecule has 29 heavy (non-hydrogen) atoms. The van der Waals surface area contributed by atoms with Crippen LogP contribution in [0, 0.1) is 17.9 Å². The molecule has 154 valence electrons. The Bertz CT molecular complexity index is 948. The summed E-state index contributed by atoms with van der Waals surface area (Å²) in [6, 6.07) is 6.43. The molecule has 1 heterocycles. The summed E-state index contributed by atoms with van der Waals surface area (Å²) in [6.45, 7) is 0. The summed E-state index contributed by atoms with van der Waals surface area (Å²) in [5.41, 5.74) is 1.77. The van der Waals surface area contributed by atoms with E-state index >= 15 is 0 Å². The van der Waals surface area contributed by atoms with Crippen LogP contribution < -0.4 is 10.9 Å². The lowest BCUT2D eigenvalue weighted by molar-refractivity contribution is 0.433. The number of aromatic amines is 1. The van der Waals surface area contributed by atoms with E-state index in [1.54, 1.807) is 0 Å². The first-order chi connectivity index (χ1) is 14.2. The first-order valence-corrected chi connectivity index (χ1v) is 11.8. The van der Waals surface area contributed by atoms with Crippen molar-refractivity contribution < 1.29 is 5.11 Å². The normalized spacial score (nSPS) is 22.8. The molecule has 0 bridgehead atoms. The number of aromatic nitrogens is 2. The number of hydrogen-bond donors (Lipinski definition) is 3. The van der Waals surface area contributed by atoms with E-state index in [2.05, 4.69) is 22.3 Å². The molecule has 6 heteroatoms. The lowest BCUT2D eigenvalue weighted by Gasteiger charge is -2.24. The van der Waals surface area contributed by atoms with E-state index < -0.39 is 0 Å². The Morgan fingerprint density at radius 1 is 1.14 bits per heavy atom. The lowest BCUT2D eigenvalue weighted by atomic mass is 9.90. The number of thioether (sulfide) groups is 1. The molecule has 1 aromatic carbocycles. The van der Waals surface area contributed by atoms with E-state index in [-0.39, 0.29) is 5.56 Å². The quantitative estimate of drug-likeness (QED) is 0.617. The largest absolute Gasteiger partial charge is 0.462 e. The maximum Gasteiger partial charge on any atom is 0.258 e. The highest BCUT2D eigenvalue weighted by Crippen LogP contribution is 2.33. The maximum absolute atomic E-state index is 12.5. The molecule has 2 saturated carbocycles. The third kappa shape index (κ3) is 5.27. The molecular formula is C23H29N3O2S. The van der Waals surface area contributed by atoms with Crippen LogP contribution in [0.25, 0.3) is 10.9 Å². The van der Waals surface area contributed by atoms with Gasteiger partial charge in [0.15, 0.2) is 0 Å². The topological polar surface area (TPSA) is 78.0 Å². The summed E-state index contributed by atoms with van der Waals surface area (Å²) >= 11 is 1.86. The smallest absolute Gasteiger partial charge is 0.258 e. The van der Waals surface area contributed by atoms with Crippen molar-refractivity contribution >= 4 is 28.4 Å². The molecule has 0 spiro atoms. The SMILES string of the molecule is O=c1[nH]c(CSC2CCC(C#CO)CC2)nc2cc(NC3CCCCC3)ccc12. The Morgan fingerprint density at radius 2 is 1.93 bits per heavy atom. The van der Waals surface area contributed by atoms with E-state index in [0.29, 0.717) is 28.3 Å². The number of aliphatic hydroxyl groups is 1. The molecule has 0 radical (unpaired) electrons. The van der Waals surface area contributed by atoms with Gasteiger partial charge in [-0.2, -0.15) is 11.8 Å². The fraction of sp³-hybridized carbons (Fsp3) is 0.565. The van der Waals surface area contributed by atoms with Gasteiger partial charge in [-0.25, -0.2) is 4.98 Å². The standard InChI is InChI=1S/C23H29N3O2S/c27-13-12-16-6-9-19(10-7-16)29-15-22-25-21-14-18(8-11-20(21)23(28)26-22)24-17-4-2-1-3-5-17/h8,11,14,16-17,19,24,27H,1-7,9-10,15H2,(H,25,26,28). The molecule has 3 N–H and O–H groups in total. The number of aliphatic hydroxyl groups excluding tert-OH is 1. The van der Waals surface area contributed by atoms with Gasteiger partial charge >= 0.3 is 0 Å². The van der Waals surface area contributed by atoms with Crippen LogP contribution in [0.3, 0.4) is 0 Å². The fourth-order valence-electron chi connectivity index (χ4n) is 4.49. The number of H-pyrrole nitrogens is 1. The number of nitrogens with one attached hydrogen (secondary N) is 2. The van der Waals surface area contributed by atoms with Crippen LogP contribution in [0.2, 0.25) is 0 Å². The molecular weight excluding hydrogens is 382 g/mol. The third-order valence-corrected chi connectivity index (χ3v) is 7.51. The first-order valence-electron chi connectivity index (χ1n) is 10.8. The second kappa shape index (κ2) is 9.58. The molecule has 5 nitrogen and oxygen atoms in total. The summed E-state index contributed by atoms with van der Waals surface area (Å²) in [4.78, 5) is 20.2. The number of anilines is 1. The highest BCUT2D eigenvalue weighted by Gasteiger charge is 2.21. The minimum atomic E-state index is -0.0586. The van der Waals surface area contributed by atoms with Gasteiger partial charge in [-0.15, -0.1) is 0 Å². The van der Waals surface area contributed by atoms with Crippen LogP contribution in [0.1, 0.15) is 63.6 Å². The van der Waals surface area contributed by atoms with Crippen LogP contribution in [-0.4, -0.2) is 26.4 Å². The monoisotopic (exact) mass is 411 g/mol. The molecule has 0 saturated heterocycles. The van der Waals surface area contributed by atoms with Crippen molar-refractivity contribution in [3.63, 3.8) is 0 Å². The van der Waals surface area contributed by atoms with Crippen LogP contribution in [0.4, 0.5) is 5.69 Å². The molecule has 1 aromatic heterocycles. The van der Waals surface area contributed by atoms with E-state index in [1.807, 2.05) is 30.0 Å². The molecule has 2 aliphatic rings. The summed E-state index contributed by atoms with van der Waals surface area (Å²) in [5, 5.41) is 13.6. The highest BCUT2D eigenvalue weighted by atomic mass is 32.2. The first kappa shape index (κ1) is 20.2. The van der Waals surface area contributed by atoms with Gasteiger partial charge in [0.25, 0.3) is 5.56 Å². The number of hydrogen-bond acceptors (Lipinski definition) is 5. The molecule has 2 aromatic rings. The Kier molecular flexibility index (Phi) is 6.66. The van der Waals surface area contributed by atoms with Gasteiger partial charge in [0.2, 0.25) is 0 Å². The average molecular weight is 412 g/mol. The Balaban J connectivity index is 1.41. The molecule has 0 unspecified atom stereocenters. The van der Waals surface area contributed by atoms with Gasteiger partial charge in [-0.3, -0.25) is 4.79 Å². The average Bonchev–Trinajstić information content (AvgIpc) is 2.74. The second-order valence-corrected chi connectivity index (χ2v) is 9.55. The number of nitrogens with zero attached hydrogens (tertiary/aromatic N) is 1. The summed E-state index contributed by atoms with van der Waals surface area (Å²) in [5.74, 6) is 4.66. The van der Waals surface area contributed by atoms with Crippen molar-refractivity contribution in [2.45, 2.75) is 74.8 Å². The van der Waals surface area contributed by atoms with Gasteiger partial charge in [0.05, 0.1) is 16.7 Å². The summed E-state index contributed by atoms with van der Waals surface area (Å²) in [7, 11) is 0. The Labute approximate surface area is 176 Å². The predicted molar refractivity (Wildman–Crippen MR) is 120 cm³/mol. The molecule has 2 aliphatic carbocycles. The van der Waals surface area contributed by atoms with Crippen LogP contribution in [0.5, 0.6) is 0 Å². The van der Waals surface area contributed by atoms with Crippen molar-refractivity contribution in [1.29, 1.82) is 0 Å². The zero-order valence-corrected chi connectivity index (χ0v) is 17.6. The van der Waals surface area contributed by atoms with Crippen molar-refractivity contribution in [3.05, 3.63) is 34.4 Å². The summed E-state index contributed by atoms with van der Waals surface area (Å²) in [6.07, 6.45) is 12.7. The van der Waals surface area contributed by atoms with Gasteiger partial charge in [0.1, 0.15) is 11.9 Å². The molecule has 0 amide bonds. The summed E-state index contributed by atoms with van der Waals surface area (Å²) < 4.78 is 0. The van der Waals surface area contributed by atoms with Crippen molar-refractivity contribution in [2.75, 3.05) is 5.32 Å². The van der Waals surface area contributed by atoms with Crippen molar-refractivity contribution in [3.8, 4) is 12.0 Å². The van der Waals surface area contributed by atoms with Gasteiger partial charge in [-0.1, -0.05) is 25.2 Å². The Morgan fingerprint density at radius 3 is 2.69 bits per heavy atom. The number of benzene rings is 1. The van der Waals surface area contributed by atoms with Crippen molar-refractivity contribution in [1.82, 2.24) is 9.97 Å². The van der Waals surface area contributed by atoms with Crippen LogP contribution >= 0.6 is 11.8 Å². The van der Waals surface area contributed by atoms with E-state index in [1.165, 1.54) is 32.1 Å². The number of fused-ring (bicyclic) bond motifs is 1. The van der Waals surface area contributed by atoms with Crippen LogP contribution in [-0.2, 0) is 5.75 Å². The minimum absolute atomic E-state index is 0.0586. The second-order valence-electron chi connectivity index (χ2n) is 8.26. The maximum atomic E-state index is 12.5. The zero-order valence-electron chi connectivity index (χ0n) is 16.7. The van der Waals surface area contributed by atoms with Crippen LogP contribution in [0.15, 0.2) is 23.0 Å². The van der Waals surface area contributed by atoms with E-state index in [9.17, 15) is 4.79 Å². The molecule has 0 atom stereocenters. The minimum Gasteiger partial charge on any atom is -0.462 e. The molecule has 2 fully saturated rings. The van der Waals surface area contributed by atoms with Crippen molar-refractivity contribution in [2.24, 2.45) is 5.92 Å². The molecule has 0 aliphatic heterocycles. The number of rotatable bonds is 5. The van der Waals surface area contributed by atoms with Gasteiger partial charge in [0, 0.05) is 22.9 Å². The van der Waals surface area contributed by atoms with E-state index in [4.69, 9.17) is 10.1 Å². The lowest BCUT2D eigenvalue weighted by Crippen LogP contribution is -2.22. The third-order valence-electron chi connectivity index (χ3n) is 6.13. The van der Waals surface area contributed by atoms with E-state index in [0.717, 1.165) is 42.7 Å². The zero-order chi connectivity index (χ0) is 20.1. The Hall–Kier alpha value is -2.13. The van der Waals surface area contributed by atoms with Gasteiger partial charge < -0.3 is 15.4 Å². The predicted octanol–water partition coefficient (Wildman–Crippen LogP) is 4.79. The van der Waals surface area contributed by atoms with Gasteiger partial charge in [-0.05, 0) is 56.7 Å². The molecule has 4 rings (SSSR count).